The van der Waals surface area contributed by atoms with Crippen LogP contribution in [-0.2, 0) is 11.2 Å². The van der Waals surface area contributed by atoms with Crippen LogP contribution in [0.4, 0.5) is 5.69 Å². The zero-order valence-corrected chi connectivity index (χ0v) is 19.0. The normalized spacial score (nSPS) is 15.9. The first-order valence-corrected chi connectivity index (χ1v) is 10.8. The molecular weight excluding hydrogens is 388 g/mol. The van der Waals surface area contributed by atoms with Gasteiger partial charge in [-0.1, -0.05) is 19.9 Å². The minimum atomic E-state index is -0.155. The van der Waals surface area contributed by atoms with Crippen molar-refractivity contribution in [1.82, 2.24) is 5.32 Å². The van der Waals surface area contributed by atoms with Crippen molar-refractivity contribution in [1.29, 1.82) is 0 Å². The second-order valence-corrected chi connectivity index (χ2v) is 9.19. The van der Waals surface area contributed by atoms with Gasteiger partial charge in [0, 0.05) is 40.5 Å². The predicted octanol–water partition coefficient (Wildman–Crippen LogP) is 5.22. The van der Waals surface area contributed by atoms with Crippen LogP contribution in [0.15, 0.2) is 48.5 Å². The number of rotatable bonds is 7. The molecule has 0 fully saturated rings. The number of hydrogen-bond donors (Lipinski definition) is 2. The van der Waals surface area contributed by atoms with Crippen LogP contribution in [0, 0.1) is 5.92 Å². The lowest BCUT2D eigenvalue weighted by Gasteiger charge is -2.35. The summed E-state index contributed by atoms with van der Waals surface area (Å²) >= 11 is 0. The zero-order valence-electron chi connectivity index (χ0n) is 19.0. The molecule has 1 amide bonds. The number of ketones is 1. The molecule has 2 aromatic rings. The highest BCUT2D eigenvalue weighted by Gasteiger charge is 2.28. The first-order chi connectivity index (χ1) is 14.7. The van der Waals surface area contributed by atoms with Crippen molar-refractivity contribution in [3.05, 3.63) is 65.2 Å². The Hall–Kier alpha value is -3.08. The summed E-state index contributed by atoms with van der Waals surface area (Å²) < 4.78 is 5.37. The number of amides is 1. The molecular formula is C26H32N2O3. The molecule has 3 rings (SSSR count). The van der Waals surface area contributed by atoms with Crippen molar-refractivity contribution in [3.63, 3.8) is 0 Å². The van der Waals surface area contributed by atoms with E-state index in [2.05, 4.69) is 44.4 Å². The van der Waals surface area contributed by atoms with Gasteiger partial charge in [-0.05, 0) is 74.6 Å². The second-order valence-electron chi connectivity index (χ2n) is 9.19. The molecule has 0 aromatic heterocycles. The first kappa shape index (κ1) is 22.6. The standard InChI is InChI=1S/C26H32N2O3/c1-17(2)6-13-25(30)27-20-10-7-18(8-11-20)24(29)15-23-22-14-21(31-5)12-9-19(22)16-26(3,4)28-23/h7-12,14-15,17,28H,6,13,16H2,1-5H3,(H,27,30)/b23-15-. The van der Waals surface area contributed by atoms with Gasteiger partial charge in [0.2, 0.25) is 5.91 Å². The summed E-state index contributed by atoms with van der Waals surface area (Å²) in [5.41, 5.74) is 4.08. The maximum atomic E-state index is 13.0. The lowest BCUT2D eigenvalue weighted by atomic mass is 9.85. The third kappa shape index (κ3) is 5.97. The van der Waals surface area contributed by atoms with Crippen LogP contribution in [0.25, 0.3) is 5.70 Å². The number of ether oxygens (including phenoxy) is 1. The maximum absolute atomic E-state index is 13.0. The van der Waals surface area contributed by atoms with E-state index in [0.717, 1.165) is 29.9 Å². The zero-order chi connectivity index (χ0) is 22.6. The summed E-state index contributed by atoms with van der Waals surface area (Å²) in [7, 11) is 1.64. The van der Waals surface area contributed by atoms with Crippen molar-refractivity contribution in [2.24, 2.45) is 5.92 Å². The number of nitrogens with one attached hydrogen (secondary N) is 2. The van der Waals surface area contributed by atoms with E-state index in [1.165, 1.54) is 5.56 Å². The van der Waals surface area contributed by atoms with Gasteiger partial charge < -0.3 is 15.4 Å². The number of anilines is 1. The molecule has 5 heteroatoms. The summed E-state index contributed by atoms with van der Waals surface area (Å²) in [6.45, 7) is 8.43. The molecule has 0 radical (unpaired) electrons. The van der Waals surface area contributed by atoms with Gasteiger partial charge in [-0.3, -0.25) is 9.59 Å². The lowest BCUT2D eigenvalue weighted by molar-refractivity contribution is -0.116. The van der Waals surface area contributed by atoms with Crippen molar-refractivity contribution in [2.75, 3.05) is 12.4 Å². The van der Waals surface area contributed by atoms with Gasteiger partial charge in [-0.2, -0.15) is 0 Å². The number of fused-ring (bicyclic) bond motifs is 1. The van der Waals surface area contributed by atoms with Crippen LogP contribution in [0.1, 0.15) is 62.0 Å². The average molecular weight is 421 g/mol. The fourth-order valence-corrected chi connectivity index (χ4v) is 3.73. The molecule has 164 valence electrons. The van der Waals surface area contributed by atoms with Crippen LogP contribution in [-0.4, -0.2) is 24.3 Å². The Bertz CT molecular complexity index is 988. The average Bonchev–Trinajstić information content (AvgIpc) is 2.71. The van der Waals surface area contributed by atoms with E-state index in [1.807, 2.05) is 12.1 Å². The van der Waals surface area contributed by atoms with E-state index in [9.17, 15) is 9.59 Å². The van der Waals surface area contributed by atoms with Gasteiger partial charge in [0.05, 0.1) is 7.11 Å². The Morgan fingerprint density at radius 1 is 1.16 bits per heavy atom. The van der Waals surface area contributed by atoms with Crippen LogP contribution >= 0.6 is 0 Å². The van der Waals surface area contributed by atoms with Crippen LogP contribution in [0.5, 0.6) is 5.75 Å². The molecule has 0 aliphatic carbocycles. The number of benzene rings is 2. The number of carbonyl (C=O) groups excluding carboxylic acids is 2. The molecule has 2 N–H and O–H groups in total. The first-order valence-electron chi connectivity index (χ1n) is 10.8. The predicted molar refractivity (Wildman–Crippen MR) is 125 cm³/mol. The monoisotopic (exact) mass is 420 g/mol. The van der Waals surface area contributed by atoms with E-state index in [-0.39, 0.29) is 17.2 Å². The number of methoxy groups -OCH3 is 1. The van der Waals surface area contributed by atoms with Crippen molar-refractivity contribution >= 4 is 23.1 Å². The molecule has 31 heavy (non-hydrogen) atoms. The fraction of sp³-hybridized carbons (Fsp3) is 0.385. The highest BCUT2D eigenvalue weighted by Crippen LogP contribution is 2.32. The number of carbonyl (C=O) groups is 2. The summed E-state index contributed by atoms with van der Waals surface area (Å²) in [4.78, 5) is 25.0. The third-order valence-electron chi connectivity index (χ3n) is 5.39. The highest BCUT2D eigenvalue weighted by molar-refractivity contribution is 6.09. The van der Waals surface area contributed by atoms with Gasteiger partial charge in [0.25, 0.3) is 0 Å². The van der Waals surface area contributed by atoms with Crippen molar-refractivity contribution < 1.29 is 14.3 Å². The highest BCUT2D eigenvalue weighted by atomic mass is 16.5. The topological polar surface area (TPSA) is 67.4 Å². The summed E-state index contributed by atoms with van der Waals surface area (Å²) in [5.74, 6) is 1.15. The molecule has 0 saturated carbocycles. The van der Waals surface area contributed by atoms with Gasteiger partial charge >= 0.3 is 0 Å². The lowest BCUT2D eigenvalue weighted by Crippen LogP contribution is -2.43. The minimum absolute atomic E-state index is 0.00548. The van der Waals surface area contributed by atoms with Crippen LogP contribution < -0.4 is 15.4 Å². The number of allylic oxidation sites excluding steroid dienone is 1. The van der Waals surface area contributed by atoms with Crippen molar-refractivity contribution in [3.8, 4) is 5.75 Å². The molecule has 0 unspecified atom stereocenters. The fourth-order valence-electron chi connectivity index (χ4n) is 3.73. The Morgan fingerprint density at radius 2 is 1.87 bits per heavy atom. The molecule has 5 nitrogen and oxygen atoms in total. The van der Waals surface area contributed by atoms with E-state index in [0.29, 0.717) is 23.6 Å². The summed E-state index contributed by atoms with van der Waals surface area (Å²) in [6.07, 6.45) is 3.86. The van der Waals surface area contributed by atoms with Gasteiger partial charge in [-0.15, -0.1) is 0 Å². The largest absolute Gasteiger partial charge is 0.497 e. The quantitative estimate of drug-likeness (QED) is 0.476. The molecule has 0 bridgehead atoms. The Morgan fingerprint density at radius 3 is 2.52 bits per heavy atom. The van der Waals surface area contributed by atoms with Gasteiger partial charge in [0.15, 0.2) is 5.78 Å². The Kier molecular flexibility index (Phi) is 6.84. The van der Waals surface area contributed by atoms with Gasteiger partial charge in [-0.25, -0.2) is 0 Å². The summed E-state index contributed by atoms with van der Waals surface area (Å²) in [6, 6.07) is 13.0. The Balaban J connectivity index is 1.78. The van der Waals surface area contributed by atoms with E-state index in [4.69, 9.17) is 4.74 Å². The molecule has 0 atom stereocenters. The molecule has 0 spiro atoms. The number of hydrogen-bond acceptors (Lipinski definition) is 4. The minimum Gasteiger partial charge on any atom is -0.497 e. The molecule has 1 aliphatic rings. The van der Waals surface area contributed by atoms with E-state index < -0.39 is 0 Å². The van der Waals surface area contributed by atoms with E-state index in [1.54, 1.807) is 37.5 Å². The molecule has 1 heterocycles. The summed E-state index contributed by atoms with van der Waals surface area (Å²) in [5, 5.41) is 6.38. The smallest absolute Gasteiger partial charge is 0.224 e. The van der Waals surface area contributed by atoms with Crippen molar-refractivity contribution in [2.45, 2.75) is 52.5 Å². The molecule has 0 saturated heterocycles. The third-order valence-corrected chi connectivity index (χ3v) is 5.39. The van der Waals surface area contributed by atoms with Crippen LogP contribution in [0.3, 0.4) is 0 Å². The van der Waals surface area contributed by atoms with Crippen LogP contribution in [0.2, 0.25) is 0 Å². The van der Waals surface area contributed by atoms with Gasteiger partial charge in [0.1, 0.15) is 5.75 Å². The SMILES string of the molecule is COc1ccc2c(c1)/C(=C/C(=O)c1ccc(NC(=O)CCC(C)C)cc1)NC(C)(C)C2. The molecule has 1 aliphatic heterocycles. The Labute approximate surface area is 184 Å². The van der Waals surface area contributed by atoms with E-state index >= 15 is 0 Å². The second kappa shape index (κ2) is 9.38. The maximum Gasteiger partial charge on any atom is 0.224 e. The molecule has 2 aromatic carbocycles.